The molecule has 35 heavy (non-hydrogen) atoms. The molecule has 3 heterocycles. The molecule has 9 heteroatoms. The fourth-order valence-corrected chi connectivity index (χ4v) is 5.18. The maximum absolute atomic E-state index is 13.1. The molecular weight excluding hydrogens is 457 g/mol. The summed E-state index contributed by atoms with van der Waals surface area (Å²) in [5.74, 6) is 1.03. The van der Waals surface area contributed by atoms with Crippen LogP contribution in [0.1, 0.15) is 64.1 Å². The highest BCUT2D eigenvalue weighted by atomic mass is 19.4. The van der Waals surface area contributed by atoms with Gasteiger partial charge in [0.05, 0.1) is 12.2 Å². The van der Waals surface area contributed by atoms with E-state index in [0.29, 0.717) is 55.7 Å². The van der Waals surface area contributed by atoms with Crippen LogP contribution in [0.4, 0.5) is 19.0 Å². The summed E-state index contributed by atoms with van der Waals surface area (Å²) in [4.78, 5) is 21.1. The zero-order valence-electron chi connectivity index (χ0n) is 21.5. The summed E-state index contributed by atoms with van der Waals surface area (Å²) >= 11 is 0. The third-order valence-electron chi connectivity index (χ3n) is 7.06. The number of alkyl halides is 3. The van der Waals surface area contributed by atoms with Crippen LogP contribution in [0.3, 0.4) is 0 Å². The molecular formula is C26H41F3N4O2. The van der Waals surface area contributed by atoms with Gasteiger partial charge in [0.1, 0.15) is 5.82 Å². The molecule has 0 aromatic carbocycles. The van der Waals surface area contributed by atoms with Gasteiger partial charge in [-0.15, -0.1) is 0 Å². The number of pyridine rings is 1. The minimum Gasteiger partial charge on any atom is -0.381 e. The van der Waals surface area contributed by atoms with Gasteiger partial charge in [-0.05, 0) is 50.7 Å². The first-order valence-electron chi connectivity index (χ1n) is 13.1. The molecule has 2 saturated heterocycles. The SMILES string of the molecule is CCC.Cc1cc(C(F)(F)F)cc(N2CCN(C(=O)C3CCC(NC4CCOCC4C)C3)CC2)n1. The number of ether oxygens (including phenoxy) is 1. The van der Waals surface area contributed by atoms with Gasteiger partial charge in [0.25, 0.3) is 0 Å². The molecule has 4 atom stereocenters. The van der Waals surface area contributed by atoms with Gasteiger partial charge in [-0.2, -0.15) is 13.2 Å². The molecule has 1 saturated carbocycles. The zero-order chi connectivity index (χ0) is 25.6. The van der Waals surface area contributed by atoms with Crippen LogP contribution in [0.15, 0.2) is 12.1 Å². The van der Waals surface area contributed by atoms with Gasteiger partial charge in [-0.3, -0.25) is 4.79 Å². The van der Waals surface area contributed by atoms with Crippen molar-refractivity contribution < 1.29 is 22.7 Å². The molecule has 1 N–H and O–H groups in total. The molecule has 1 amide bonds. The van der Waals surface area contributed by atoms with E-state index in [9.17, 15) is 18.0 Å². The maximum atomic E-state index is 13.1. The van der Waals surface area contributed by atoms with E-state index in [1.165, 1.54) is 6.42 Å². The lowest BCUT2D eigenvalue weighted by molar-refractivity contribution is -0.137. The fourth-order valence-electron chi connectivity index (χ4n) is 5.18. The van der Waals surface area contributed by atoms with Crippen molar-refractivity contribution >= 4 is 11.7 Å². The number of aryl methyl sites for hydroxylation is 1. The minimum atomic E-state index is -4.39. The van der Waals surface area contributed by atoms with Crippen molar-refractivity contribution in [1.29, 1.82) is 0 Å². The number of nitrogens with one attached hydrogen (secondary N) is 1. The fraction of sp³-hybridized carbons (Fsp3) is 0.769. The topological polar surface area (TPSA) is 57.7 Å². The van der Waals surface area contributed by atoms with E-state index in [1.54, 1.807) is 6.92 Å². The Balaban J connectivity index is 0.00000108. The van der Waals surface area contributed by atoms with E-state index in [2.05, 4.69) is 31.1 Å². The Labute approximate surface area is 207 Å². The molecule has 6 nitrogen and oxygen atoms in total. The zero-order valence-corrected chi connectivity index (χ0v) is 21.5. The van der Waals surface area contributed by atoms with Gasteiger partial charge < -0.3 is 19.9 Å². The Bertz CT molecular complexity index is 827. The Morgan fingerprint density at radius 2 is 1.83 bits per heavy atom. The van der Waals surface area contributed by atoms with Gasteiger partial charge in [-0.25, -0.2) is 4.98 Å². The summed E-state index contributed by atoms with van der Waals surface area (Å²) in [5, 5.41) is 3.75. The number of nitrogens with zero attached hydrogens (tertiary/aromatic N) is 3. The Hall–Kier alpha value is -1.87. The number of anilines is 1. The number of hydrogen-bond donors (Lipinski definition) is 1. The Morgan fingerprint density at radius 3 is 2.46 bits per heavy atom. The average Bonchev–Trinajstić information content (AvgIpc) is 3.28. The van der Waals surface area contributed by atoms with Crippen LogP contribution >= 0.6 is 0 Å². The largest absolute Gasteiger partial charge is 0.416 e. The van der Waals surface area contributed by atoms with Gasteiger partial charge >= 0.3 is 6.18 Å². The summed E-state index contributed by atoms with van der Waals surface area (Å²) in [5.41, 5.74) is -0.335. The van der Waals surface area contributed by atoms with Crippen LogP contribution in [0.5, 0.6) is 0 Å². The molecule has 4 rings (SSSR count). The van der Waals surface area contributed by atoms with Crippen LogP contribution in [0.2, 0.25) is 0 Å². The number of carbonyl (C=O) groups is 1. The van der Waals surface area contributed by atoms with Crippen LogP contribution in [-0.4, -0.2) is 67.3 Å². The number of piperazine rings is 1. The molecule has 0 radical (unpaired) electrons. The van der Waals surface area contributed by atoms with E-state index < -0.39 is 11.7 Å². The molecule has 3 aliphatic rings. The lowest BCUT2D eigenvalue weighted by Crippen LogP contribution is -2.50. The lowest BCUT2D eigenvalue weighted by Gasteiger charge is -2.37. The summed E-state index contributed by atoms with van der Waals surface area (Å²) in [7, 11) is 0. The predicted molar refractivity (Wildman–Crippen MR) is 131 cm³/mol. The van der Waals surface area contributed by atoms with E-state index in [-0.39, 0.29) is 11.8 Å². The average molecular weight is 499 g/mol. The third kappa shape index (κ3) is 7.56. The van der Waals surface area contributed by atoms with Crippen molar-refractivity contribution in [3.8, 4) is 0 Å². The highest BCUT2D eigenvalue weighted by molar-refractivity contribution is 5.79. The number of hydrogen-bond acceptors (Lipinski definition) is 5. The molecule has 1 aromatic rings. The number of halogens is 3. The molecule has 2 aliphatic heterocycles. The maximum Gasteiger partial charge on any atom is 0.416 e. The first-order chi connectivity index (χ1) is 16.6. The van der Waals surface area contributed by atoms with Crippen molar-refractivity contribution in [1.82, 2.24) is 15.2 Å². The smallest absolute Gasteiger partial charge is 0.381 e. The Morgan fingerprint density at radius 1 is 1.14 bits per heavy atom. The summed E-state index contributed by atoms with van der Waals surface area (Å²) in [6, 6.07) is 2.99. The second-order valence-corrected chi connectivity index (χ2v) is 10.2. The van der Waals surface area contributed by atoms with Gasteiger partial charge in [0.15, 0.2) is 0 Å². The molecule has 1 aliphatic carbocycles. The van der Waals surface area contributed by atoms with Crippen molar-refractivity contribution in [2.24, 2.45) is 11.8 Å². The molecule has 1 aromatic heterocycles. The number of amides is 1. The number of rotatable bonds is 4. The van der Waals surface area contributed by atoms with Crippen molar-refractivity contribution in [3.05, 3.63) is 23.4 Å². The number of aromatic nitrogens is 1. The highest BCUT2D eigenvalue weighted by Gasteiger charge is 2.36. The Kier molecular flexibility index (Phi) is 9.81. The second-order valence-electron chi connectivity index (χ2n) is 10.2. The van der Waals surface area contributed by atoms with Crippen LogP contribution in [0, 0.1) is 18.8 Å². The quantitative estimate of drug-likeness (QED) is 0.655. The first kappa shape index (κ1) is 27.7. The first-order valence-corrected chi connectivity index (χ1v) is 13.1. The molecule has 4 unspecified atom stereocenters. The van der Waals surface area contributed by atoms with E-state index in [1.807, 2.05) is 9.80 Å². The molecule has 0 spiro atoms. The van der Waals surface area contributed by atoms with Crippen molar-refractivity contribution in [2.45, 2.75) is 78.1 Å². The van der Waals surface area contributed by atoms with E-state index in [4.69, 9.17) is 4.74 Å². The van der Waals surface area contributed by atoms with Crippen LogP contribution < -0.4 is 10.2 Å². The van der Waals surface area contributed by atoms with E-state index in [0.717, 1.165) is 51.0 Å². The monoisotopic (exact) mass is 498 g/mol. The standard InChI is InChI=1S/C23H33F3N4O2.C3H8/c1-15-14-32-10-5-20(15)28-19-4-3-17(12-19)22(31)30-8-6-29(7-9-30)21-13-18(23(24,25)26)11-16(2)27-21;1-3-2/h11,13,15,17,19-20,28H,3-10,12,14H2,1-2H3;3H2,1-2H3. The normalized spacial score (nSPS) is 27.4. The predicted octanol–water partition coefficient (Wildman–Crippen LogP) is 4.66. The summed E-state index contributed by atoms with van der Waals surface area (Å²) in [6.07, 6.45) is 0.630. The molecule has 3 fully saturated rings. The van der Waals surface area contributed by atoms with Crippen molar-refractivity contribution in [3.63, 3.8) is 0 Å². The van der Waals surface area contributed by atoms with E-state index >= 15 is 0 Å². The van der Waals surface area contributed by atoms with Crippen molar-refractivity contribution in [2.75, 3.05) is 44.3 Å². The highest BCUT2D eigenvalue weighted by Crippen LogP contribution is 2.33. The third-order valence-corrected chi connectivity index (χ3v) is 7.06. The molecule has 198 valence electrons. The van der Waals surface area contributed by atoms with Crippen LogP contribution in [0.25, 0.3) is 0 Å². The molecule has 0 bridgehead atoms. The second kappa shape index (κ2) is 12.4. The van der Waals surface area contributed by atoms with Gasteiger partial charge in [0, 0.05) is 56.5 Å². The van der Waals surface area contributed by atoms with Gasteiger partial charge in [0.2, 0.25) is 5.91 Å². The van der Waals surface area contributed by atoms with Gasteiger partial charge in [-0.1, -0.05) is 27.2 Å². The lowest BCUT2D eigenvalue weighted by atomic mass is 9.96. The summed E-state index contributed by atoms with van der Waals surface area (Å²) < 4.78 is 45.0. The number of carbonyl (C=O) groups excluding carboxylic acids is 1. The minimum absolute atomic E-state index is 0.0307. The summed E-state index contributed by atoms with van der Waals surface area (Å²) in [6.45, 7) is 11.6. The van der Waals surface area contributed by atoms with Crippen LogP contribution in [-0.2, 0) is 15.7 Å².